The molecule has 1 fully saturated rings. The fourth-order valence-electron chi connectivity index (χ4n) is 2.30. The lowest BCUT2D eigenvalue weighted by Gasteiger charge is -2.14. The smallest absolute Gasteiger partial charge is 0.310 e. The third-order valence-electron chi connectivity index (χ3n) is 3.41. The van der Waals surface area contributed by atoms with Gasteiger partial charge in [-0.25, -0.2) is 0 Å². The van der Waals surface area contributed by atoms with Crippen LogP contribution in [0.5, 0.6) is 0 Å². The van der Waals surface area contributed by atoms with Crippen molar-refractivity contribution in [1.82, 2.24) is 0 Å². The van der Waals surface area contributed by atoms with Crippen molar-refractivity contribution in [3.05, 3.63) is 33.8 Å². The van der Waals surface area contributed by atoms with E-state index in [1.165, 1.54) is 0 Å². The number of carbonyl (C=O) groups excluding carboxylic acids is 2. The van der Waals surface area contributed by atoms with Gasteiger partial charge in [-0.15, -0.1) is 0 Å². The van der Waals surface area contributed by atoms with Gasteiger partial charge in [0.2, 0.25) is 5.91 Å². The Morgan fingerprint density at radius 3 is 2.63 bits per heavy atom. The molecule has 1 aromatic rings. The summed E-state index contributed by atoms with van der Waals surface area (Å²) in [5.74, 6) is -1.50. The van der Waals surface area contributed by atoms with Gasteiger partial charge in [0.25, 0.3) is 0 Å². The van der Waals surface area contributed by atoms with E-state index in [0.717, 1.165) is 0 Å². The number of carbonyl (C=O) groups is 2. The van der Waals surface area contributed by atoms with Crippen molar-refractivity contribution in [2.45, 2.75) is 18.8 Å². The van der Waals surface area contributed by atoms with Crippen LogP contribution in [-0.4, -0.2) is 18.5 Å². The third-order valence-corrected chi connectivity index (χ3v) is 4.15. The van der Waals surface area contributed by atoms with Crippen LogP contribution in [0.3, 0.4) is 0 Å². The third kappa shape index (κ3) is 2.30. The Labute approximate surface area is 120 Å². The lowest BCUT2D eigenvalue weighted by molar-refractivity contribution is -0.146. The van der Waals surface area contributed by atoms with Gasteiger partial charge < -0.3 is 10.5 Å². The predicted octanol–water partition coefficient (Wildman–Crippen LogP) is 2.30. The van der Waals surface area contributed by atoms with Crippen LogP contribution in [0.4, 0.5) is 0 Å². The molecule has 1 amide bonds. The molecule has 19 heavy (non-hydrogen) atoms. The molecule has 0 radical (unpaired) electrons. The number of hydrogen-bond acceptors (Lipinski definition) is 3. The number of ether oxygens (including phenoxy) is 1. The second-order valence-electron chi connectivity index (χ2n) is 4.47. The SMILES string of the molecule is CCOC(=O)C1C[C@@]1(C(N)=O)c1ccc(Cl)c(Cl)c1. The Balaban J connectivity index is 2.35. The number of benzene rings is 1. The molecule has 1 saturated carbocycles. The lowest BCUT2D eigenvalue weighted by Crippen LogP contribution is -2.32. The zero-order chi connectivity index (χ0) is 14.2. The summed E-state index contributed by atoms with van der Waals surface area (Å²) in [4.78, 5) is 23.5. The summed E-state index contributed by atoms with van der Waals surface area (Å²) in [6.45, 7) is 1.98. The van der Waals surface area contributed by atoms with Gasteiger partial charge in [-0.2, -0.15) is 0 Å². The number of halogens is 2. The normalized spacial score (nSPS) is 24.9. The van der Waals surface area contributed by atoms with Crippen LogP contribution in [0, 0.1) is 5.92 Å². The van der Waals surface area contributed by atoms with Gasteiger partial charge in [0.05, 0.1) is 28.0 Å². The monoisotopic (exact) mass is 301 g/mol. The van der Waals surface area contributed by atoms with Crippen LogP contribution in [0.1, 0.15) is 18.9 Å². The maximum absolute atomic E-state index is 11.8. The van der Waals surface area contributed by atoms with Crippen LogP contribution >= 0.6 is 23.2 Å². The molecular formula is C13H13Cl2NO3. The van der Waals surface area contributed by atoms with Crippen LogP contribution < -0.4 is 5.73 Å². The summed E-state index contributed by atoms with van der Waals surface area (Å²) in [6.07, 6.45) is 0.346. The van der Waals surface area contributed by atoms with Gasteiger partial charge in [-0.05, 0) is 31.0 Å². The summed E-state index contributed by atoms with van der Waals surface area (Å²) in [6, 6.07) is 4.83. The molecule has 0 aromatic heterocycles. The molecule has 1 unspecified atom stereocenters. The van der Waals surface area contributed by atoms with E-state index in [0.29, 0.717) is 22.0 Å². The first kappa shape index (κ1) is 14.2. The highest BCUT2D eigenvalue weighted by Gasteiger charge is 2.64. The van der Waals surface area contributed by atoms with E-state index in [2.05, 4.69) is 0 Å². The second kappa shape index (κ2) is 5.02. The molecule has 102 valence electrons. The number of rotatable bonds is 4. The van der Waals surface area contributed by atoms with Crippen LogP contribution in [-0.2, 0) is 19.7 Å². The maximum atomic E-state index is 11.8. The summed E-state index contributed by atoms with van der Waals surface area (Å²) in [7, 11) is 0. The Hall–Kier alpha value is -1.26. The molecule has 4 nitrogen and oxygen atoms in total. The Morgan fingerprint density at radius 1 is 1.42 bits per heavy atom. The van der Waals surface area contributed by atoms with E-state index in [-0.39, 0.29) is 6.61 Å². The van der Waals surface area contributed by atoms with E-state index in [4.69, 9.17) is 33.7 Å². The fraction of sp³-hybridized carbons (Fsp3) is 0.385. The number of nitrogens with two attached hydrogens (primary N) is 1. The van der Waals surface area contributed by atoms with Crippen LogP contribution in [0.2, 0.25) is 10.0 Å². The highest BCUT2D eigenvalue weighted by molar-refractivity contribution is 6.42. The summed E-state index contributed by atoms with van der Waals surface area (Å²) >= 11 is 11.8. The number of esters is 1. The minimum Gasteiger partial charge on any atom is -0.466 e. The Kier molecular flexibility index (Phi) is 3.74. The second-order valence-corrected chi connectivity index (χ2v) is 5.29. The van der Waals surface area contributed by atoms with Crippen molar-refractivity contribution in [3.8, 4) is 0 Å². The molecule has 1 aliphatic rings. The molecule has 2 N–H and O–H groups in total. The quantitative estimate of drug-likeness (QED) is 0.868. The molecule has 0 aliphatic heterocycles. The summed E-state index contributed by atoms with van der Waals surface area (Å²) < 4.78 is 4.94. The molecule has 2 rings (SSSR count). The van der Waals surface area contributed by atoms with Crippen molar-refractivity contribution in [1.29, 1.82) is 0 Å². The van der Waals surface area contributed by atoms with E-state index < -0.39 is 23.2 Å². The molecule has 2 atom stereocenters. The molecule has 6 heteroatoms. The van der Waals surface area contributed by atoms with Crippen molar-refractivity contribution in [3.63, 3.8) is 0 Å². The van der Waals surface area contributed by atoms with Gasteiger partial charge in [0.15, 0.2) is 0 Å². The average molecular weight is 302 g/mol. The lowest BCUT2D eigenvalue weighted by atomic mass is 9.92. The summed E-state index contributed by atoms with van der Waals surface area (Å²) in [5, 5.41) is 0.715. The van der Waals surface area contributed by atoms with E-state index in [1.807, 2.05) is 0 Å². The van der Waals surface area contributed by atoms with Crippen LogP contribution in [0.25, 0.3) is 0 Å². The van der Waals surface area contributed by atoms with Crippen molar-refractivity contribution >= 4 is 35.1 Å². The number of hydrogen-bond donors (Lipinski definition) is 1. The van der Waals surface area contributed by atoms with Crippen molar-refractivity contribution in [2.75, 3.05) is 6.61 Å². The molecule has 0 saturated heterocycles. The molecule has 0 bridgehead atoms. The van der Waals surface area contributed by atoms with E-state index >= 15 is 0 Å². The van der Waals surface area contributed by atoms with E-state index in [9.17, 15) is 9.59 Å². The first-order valence-electron chi connectivity index (χ1n) is 5.85. The zero-order valence-electron chi connectivity index (χ0n) is 10.3. The maximum Gasteiger partial charge on any atom is 0.310 e. The minimum absolute atomic E-state index is 0.269. The minimum atomic E-state index is -1.01. The number of amides is 1. The highest BCUT2D eigenvalue weighted by Crippen LogP contribution is 2.55. The first-order chi connectivity index (χ1) is 8.93. The molecule has 0 heterocycles. The van der Waals surface area contributed by atoms with E-state index in [1.54, 1.807) is 25.1 Å². The standard InChI is InChI=1S/C13H13Cl2NO3/c1-2-19-11(17)8-6-13(8,12(16)18)7-3-4-9(14)10(15)5-7/h3-5,8H,2,6H2,1H3,(H2,16,18)/t8?,13-/m1/s1. The van der Waals surface area contributed by atoms with Crippen molar-refractivity contribution < 1.29 is 14.3 Å². The van der Waals surface area contributed by atoms with Gasteiger partial charge in [-0.3, -0.25) is 9.59 Å². The topological polar surface area (TPSA) is 69.4 Å². The fourth-order valence-corrected chi connectivity index (χ4v) is 2.60. The zero-order valence-corrected chi connectivity index (χ0v) is 11.8. The average Bonchev–Trinajstić information content (AvgIpc) is 3.10. The molecule has 1 aliphatic carbocycles. The Morgan fingerprint density at radius 2 is 2.11 bits per heavy atom. The highest BCUT2D eigenvalue weighted by atomic mass is 35.5. The summed E-state index contributed by atoms with van der Waals surface area (Å²) in [5.41, 5.74) is 5.05. The number of primary amides is 1. The van der Waals surface area contributed by atoms with Gasteiger partial charge in [0, 0.05) is 0 Å². The largest absolute Gasteiger partial charge is 0.466 e. The Bertz CT molecular complexity index is 547. The van der Waals surface area contributed by atoms with Gasteiger partial charge in [0.1, 0.15) is 0 Å². The first-order valence-corrected chi connectivity index (χ1v) is 6.61. The predicted molar refractivity (Wildman–Crippen MR) is 72.1 cm³/mol. The van der Waals surface area contributed by atoms with Gasteiger partial charge in [-0.1, -0.05) is 29.3 Å². The molecule has 1 aromatic carbocycles. The van der Waals surface area contributed by atoms with Gasteiger partial charge >= 0.3 is 5.97 Å². The van der Waals surface area contributed by atoms with Crippen LogP contribution in [0.15, 0.2) is 18.2 Å². The molecular weight excluding hydrogens is 289 g/mol. The molecule has 0 spiro atoms. The van der Waals surface area contributed by atoms with Crippen molar-refractivity contribution in [2.24, 2.45) is 11.7 Å².